The maximum absolute atomic E-state index is 12.6. The summed E-state index contributed by atoms with van der Waals surface area (Å²) < 4.78 is 6.67. The molecule has 3 nitrogen and oxygen atoms in total. The minimum Gasteiger partial charge on any atom is -0.374 e. The van der Waals surface area contributed by atoms with Crippen LogP contribution in [0.15, 0.2) is 0 Å². The van der Waals surface area contributed by atoms with Crippen LogP contribution in [0.25, 0.3) is 0 Å². The van der Waals surface area contributed by atoms with Crippen molar-refractivity contribution in [1.82, 2.24) is 4.90 Å². The summed E-state index contributed by atoms with van der Waals surface area (Å²) >= 11 is 2.41. The van der Waals surface area contributed by atoms with E-state index in [1.54, 1.807) is 0 Å². The van der Waals surface area contributed by atoms with E-state index >= 15 is 0 Å². The zero-order chi connectivity index (χ0) is 18.3. The molecular weight excluding hydrogens is 437 g/mol. The van der Waals surface area contributed by atoms with Crippen molar-refractivity contribution in [2.75, 3.05) is 7.05 Å². The highest BCUT2D eigenvalue weighted by atomic mass is 127. The van der Waals surface area contributed by atoms with Gasteiger partial charge < -0.3 is 9.64 Å². The summed E-state index contributed by atoms with van der Waals surface area (Å²) in [5.74, 6) is 2.86. The number of alkyl halides is 1. The lowest BCUT2D eigenvalue weighted by Crippen LogP contribution is -2.63. The topological polar surface area (TPSA) is 29.5 Å². The third kappa shape index (κ3) is 2.49. The standard InChI is InChI=1S/C22H34INO2/c1-21-11-10-16-14(15(21)7-9-19(21)26-13-4-5-13)6-8-18-22(16,2)12-17(23)20(25)24(18)3/h13-19H,4-12H2,1-3H3/t14-,15-,16-,17+,18+,19-,21-,22+/m0/s1. The molecule has 0 bridgehead atoms. The molecule has 1 saturated heterocycles. The first-order chi connectivity index (χ1) is 12.3. The molecule has 5 fully saturated rings. The molecule has 0 N–H and O–H groups in total. The number of likely N-dealkylation sites (tertiary alicyclic amines) is 1. The number of hydrogen-bond donors (Lipinski definition) is 0. The number of ether oxygens (including phenoxy) is 1. The summed E-state index contributed by atoms with van der Waals surface area (Å²) in [7, 11) is 2.07. The van der Waals surface area contributed by atoms with Crippen LogP contribution in [0.1, 0.15) is 71.6 Å². The smallest absolute Gasteiger partial charge is 0.235 e. The van der Waals surface area contributed by atoms with E-state index in [9.17, 15) is 4.79 Å². The van der Waals surface area contributed by atoms with Crippen molar-refractivity contribution in [3.63, 3.8) is 0 Å². The Bertz CT molecular complexity index is 607. The van der Waals surface area contributed by atoms with Gasteiger partial charge in [0.25, 0.3) is 0 Å². The number of fused-ring (bicyclic) bond motifs is 5. The Hall–Kier alpha value is 0.160. The van der Waals surface area contributed by atoms with E-state index in [2.05, 4.69) is 48.4 Å². The number of nitrogens with zero attached hydrogens (tertiary/aromatic N) is 1. The van der Waals surface area contributed by atoms with Crippen LogP contribution in [-0.2, 0) is 9.53 Å². The molecule has 0 unspecified atom stereocenters. The first-order valence-electron chi connectivity index (χ1n) is 10.9. The molecule has 5 rings (SSSR count). The molecule has 5 aliphatic rings. The Morgan fingerprint density at radius 3 is 2.46 bits per heavy atom. The van der Waals surface area contributed by atoms with Crippen molar-refractivity contribution in [2.45, 2.75) is 93.8 Å². The molecule has 0 aromatic heterocycles. The van der Waals surface area contributed by atoms with Gasteiger partial charge in [-0.25, -0.2) is 0 Å². The van der Waals surface area contributed by atoms with Crippen molar-refractivity contribution in [3.8, 4) is 0 Å². The second-order valence-electron chi connectivity index (χ2n) is 10.5. The fraction of sp³-hybridized carbons (Fsp3) is 0.955. The van der Waals surface area contributed by atoms with E-state index in [0.717, 1.165) is 24.2 Å². The van der Waals surface area contributed by atoms with Crippen LogP contribution in [0.4, 0.5) is 0 Å². The van der Waals surface area contributed by atoms with E-state index in [0.29, 0.717) is 35.0 Å². The van der Waals surface area contributed by atoms with E-state index < -0.39 is 0 Å². The molecule has 4 aliphatic carbocycles. The SMILES string of the molecule is CN1C(=O)[C@H](I)C[C@]2(C)[C@H]3CC[C@]4(C)[C@@H](OC5CC5)CC[C@H]4[C@@H]3CC[C@@H]12. The predicted octanol–water partition coefficient (Wildman–Crippen LogP) is 4.81. The Labute approximate surface area is 172 Å². The van der Waals surface area contributed by atoms with Crippen molar-refractivity contribution in [1.29, 1.82) is 0 Å². The Morgan fingerprint density at radius 2 is 1.73 bits per heavy atom. The van der Waals surface area contributed by atoms with Crippen molar-refractivity contribution in [3.05, 3.63) is 0 Å². The quantitative estimate of drug-likeness (QED) is 0.427. The van der Waals surface area contributed by atoms with Gasteiger partial charge in [-0.1, -0.05) is 36.4 Å². The molecule has 4 heteroatoms. The van der Waals surface area contributed by atoms with Gasteiger partial charge in [0.05, 0.1) is 16.1 Å². The van der Waals surface area contributed by atoms with Crippen LogP contribution in [0.2, 0.25) is 0 Å². The van der Waals surface area contributed by atoms with Gasteiger partial charge in [-0.2, -0.15) is 0 Å². The van der Waals surface area contributed by atoms with E-state index in [1.807, 2.05) is 0 Å². The van der Waals surface area contributed by atoms with Crippen LogP contribution in [0.5, 0.6) is 0 Å². The second kappa shape index (κ2) is 6.08. The van der Waals surface area contributed by atoms with Crippen LogP contribution in [-0.4, -0.2) is 40.0 Å². The normalized spacial score (nSPS) is 53.8. The molecule has 1 heterocycles. The van der Waals surface area contributed by atoms with Gasteiger partial charge >= 0.3 is 0 Å². The van der Waals surface area contributed by atoms with E-state index in [1.165, 1.54) is 51.4 Å². The molecule has 146 valence electrons. The average molecular weight is 471 g/mol. The van der Waals surface area contributed by atoms with Crippen molar-refractivity contribution < 1.29 is 9.53 Å². The Morgan fingerprint density at radius 1 is 1.00 bits per heavy atom. The number of halogens is 1. The van der Waals surface area contributed by atoms with Gasteiger partial charge in [0.1, 0.15) is 0 Å². The molecule has 1 aliphatic heterocycles. The van der Waals surface area contributed by atoms with Gasteiger partial charge in [0.2, 0.25) is 5.91 Å². The number of amides is 1. The fourth-order valence-corrected chi connectivity index (χ4v) is 9.21. The van der Waals surface area contributed by atoms with Crippen molar-refractivity contribution >= 4 is 28.5 Å². The number of carbonyl (C=O) groups is 1. The van der Waals surface area contributed by atoms with Gasteiger partial charge in [0, 0.05) is 13.1 Å². The zero-order valence-corrected chi connectivity index (χ0v) is 18.7. The molecule has 4 saturated carbocycles. The van der Waals surface area contributed by atoms with Crippen LogP contribution in [0, 0.1) is 28.6 Å². The number of piperidine rings is 1. The lowest BCUT2D eigenvalue weighted by atomic mass is 9.47. The molecule has 0 radical (unpaired) electrons. The summed E-state index contributed by atoms with van der Waals surface area (Å²) in [5, 5.41) is 0. The summed E-state index contributed by atoms with van der Waals surface area (Å²) in [4.78, 5) is 14.7. The van der Waals surface area contributed by atoms with Crippen LogP contribution < -0.4 is 0 Å². The first kappa shape index (κ1) is 18.2. The summed E-state index contributed by atoms with van der Waals surface area (Å²) in [6.45, 7) is 5.08. The number of carbonyl (C=O) groups excluding carboxylic acids is 1. The lowest BCUT2D eigenvalue weighted by Gasteiger charge is -2.62. The maximum Gasteiger partial charge on any atom is 0.235 e. The second-order valence-corrected chi connectivity index (χ2v) is 12.0. The predicted molar refractivity (Wildman–Crippen MR) is 111 cm³/mol. The van der Waals surface area contributed by atoms with Gasteiger partial charge in [-0.3, -0.25) is 4.79 Å². The fourth-order valence-electron chi connectivity index (χ4n) is 7.82. The minimum absolute atomic E-state index is 0.167. The van der Waals surface area contributed by atoms with Gasteiger partial charge in [0.15, 0.2) is 0 Å². The van der Waals surface area contributed by atoms with Crippen LogP contribution >= 0.6 is 22.6 Å². The zero-order valence-electron chi connectivity index (χ0n) is 16.5. The lowest BCUT2D eigenvalue weighted by molar-refractivity contribution is -0.160. The van der Waals surface area contributed by atoms with Gasteiger partial charge in [-0.15, -0.1) is 0 Å². The molecule has 0 spiro atoms. The molecular formula is C22H34INO2. The monoisotopic (exact) mass is 471 g/mol. The minimum atomic E-state index is 0.167. The third-order valence-electron chi connectivity index (χ3n) is 9.32. The Kier molecular flexibility index (Phi) is 4.26. The van der Waals surface area contributed by atoms with Crippen LogP contribution in [0.3, 0.4) is 0 Å². The largest absolute Gasteiger partial charge is 0.374 e. The highest BCUT2D eigenvalue weighted by Crippen LogP contribution is 2.65. The highest BCUT2D eigenvalue weighted by molar-refractivity contribution is 14.1. The third-order valence-corrected chi connectivity index (χ3v) is 10.3. The summed E-state index contributed by atoms with van der Waals surface area (Å²) in [5.41, 5.74) is 0.723. The van der Waals surface area contributed by atoms with E-state index in [-0.39, 0.29) is 3.92 Å². The van der Waals surface area contributed by atoms with Gasteiger partial charge in [-0.05, 0) is 86.4 Å². The number of hydrogen-bond acceptors (Lipinski definition) is 2. The maximum atomic E-state index is 12.6. The number of rotatable bonds is 2. The molecule has 0 aromatic carbocycles. The molecule has 1 amide bonds. The molecule has 26 heavy (non-hydrogen) atoms. The summed E-state index contributed by atoms with van der Waals surface area (Å²) in [6, 6.07) is 0.464. The van der Waals surface area contributed by atoms with E-state index in [4.69, 9.17) is 4.74 Å². The molecule has 8 atom stereocenters. The van der Waals surface area contributed by atoms with Crippen molar-refractivity contribution in [2.24, 2.45) is 28.6 Å². The molecule has 0 aromatic rings. The average Bonchev–Trinajstić information content (AvgIpc) is 3.35. The summed E-state index contributed by atoms with van der Waals surface area (Å²) in [6.07, 6.45) is 12.7. The Balaban J connectivity index is 1.41. The first-order valence-corrected chi connectivity index (χ1v) is 12.2. The highest BCUT2D eigenvalue weighted by Gasteiger charge is 2.62.